The van der Waals surface area contributed by atoms with E-state index in [1.165, 1.54) is 17.3 Å². The first-order chi connectivity index (χ1) is 12.1. The number of thioether (sulfide) groups is 1. The van der Waals surface area contributed by atoms with E-state index in [0.717, 1.165) is 28.7 Å². The molecule has 0 unspecified atom stereocenters. The number of aryl methyl sites for hydroxylation is 1. The second-order valence-electron chi connectivity index (χ2n) is 5.77. The van der Waals surface area contributed by atoms with Gasteiger partial charge in [-0.2, -0.15) is 0 Å². The van der Waals surface area contributed by atoms with Crippen molar-refractivity contribution in [2.24, 2.45) is 7.05 Å². The van der Waals surface area contributed by atoms with E-state index in [-0.39, 0.29) is 5.91 Å². The van der Waals surface area contributed by atoms with Crippen molar-refractivity contribution in [3.63, 3.8) is 0 Å². The molecule has 0 saturated heterocycles. The van der Waals surface area contributed by atoms with Crippen molar-refractivity contribution >= 4 is 23.4 Å². The van der Waals surface area contributed by atoms with Crippen molar-refractivity contribution in [1.82, 2.24) is 14.8 Å². The van der Waals surface area contributed by atoms with Gasteiger partial charge in [-0.25, -0.2) is 0 Å². The highest BCUT2D eigenvalue weighted by molar-refractivity contribution is 7.99. The van der Waals surface area contributed by atoms with Crippen molar-refractivity contribution in [2.75, 3.05) is 11.1 Å². The molecule has 0 spiro atoms. The van der Waals surface area contributed by atoms with Crippen LogP contribution in [0.15, 0.2) is 59.8 Å². The molecule has 2 aromatic carbocycles. The number of benzene rings is 2. The third kappa shape index (κ3) is 4.48. The fourth-order valence-electron chi connectivity index (χ4n) is 2.43. The lowest BCUT2D eigenvalue weighted by Crippen LogP contribution is -2.15. The summed E-state index contributed by atoms with van der Waals surface area (Å²) >= 11 is 1.39. The molecular formula is C19H20N4OS. The summed E-state index contributed by atoms with van der Waals surface area (Å²) in [5.41, 5.74) is 3.08. The molecule has 0 atom stereocenters. The highest BCUT2D eigenvalue weighted by Crippen LogP contribution is 2.19. The molecule has 5 nitrogen and oxygen atoms in total. The number of anilines is 1. The molecule has 1 heterocycles. The van der Waals surface area contributed by atoms with Crippen LogP contribution in [0.1, 0.15) is 17.0 Å². The second-order valence-corrected chi connectivity index (χ2v) is 6.71. The summed E-state index contributed by atoms with van der Waals surface area (Å²) in [5.74, 6) is 1.13. The van der Waals surface area contributed by atoms with Crippen molar-refractivity contribution < 1.29 is 4.79 Å². The van der Waals surface area contributed by atoms with Crippen LogP contribution >= 0.6 is 11.8 Å². The lowest BCUT2D eigenvalue weighted by atomic mass is 10.1. The van der Waals surface area contributed by atoms with Gasteiger partial charge in [0, 0.05) is 19.2 Å². The molecule has 25 heavy (non-hydrogen) atoms. The Labute approximate surface area is 151 Å². The van der Waals surface area contributed by atoms with Gasteiger partial charge in [-0.15, -0.1) is 10.2 Å². The molecule has 0 fully saturated rings. The van der Waals surface area contributed by atoms with Crippen LogP contribution in [0.25, 0.3) is 0 Å². The Kier molecular flexibility index (Phi) is 5.50. The summed E-state index contributed by atoms with van der Waals surface area (Å²) in [6.45, 7) is 1.97. The summed E-state index contributed by atoms with van der Waals surface area (Å²) in [4.78, 5) is 12.2. The summed E-state index contributed by atoms with van der Waals surface area (Å²) in [6.07, 6.45) is 0.723. The van der Waals surface area contributed by atoms with Crippen molar-refractivity contribution in [3.05, 3.63) is 71.5 Å². The van der Waals surface area contributed by atoms with E-state index < -0.39 is 0 Å². The van der Waals surface area contributed by atoms with Crippen LogP contribution in [0.4, 0.5) is 5.69 Å². The zero-order valence-electron chi connectivity index (χ0n) is 14.3. The van der Waals surface area contributed by atoms with Crippen molar-refractivity contribution in [1.29, 1.82) is 0 Å². The van der Waals surface area contributed by atoms with E-state index in [1.807, 2.05) is 61.0 Å². The molecule has 3 rings (SSSR count). The maximum absolute atomic E-state index is 12.2. The van der Waals surface area contributed by atoms with Gasteiger partial charge in [-0.1, -0.05) is 60.3 Å². The Hall–Kier alpha value is -2.60. The molecule has 6 heteroatoms. The average Bonchev–Trinajstić information content (AvgIpc) is 2.96. The number of hydrogen-bond acceptors (Lipinski definition) is 4. The zero-order chi connectivity index (χ0) is 17.6. The fourth-order valence-corrected chi connectivity index (χ4v) is 3.16. The van der Waals surface area contributed by atoms with E-state index in [9.17, 15) is 4.79 Å². The second kappa shape index (κ2) is 7.98. The summed E-state index contributed by atoms with van der Waals surface area (Å²) in [7, 11) is 1.93. The molecule has 0 radical (unpaired) electrons. The van der Waals surface area contributed by atoms with Gasteiger partial charge >= 0.3 is 0 Å². The first kappa shape index (κ1) is 17.2. The first-order valence-corrected chi connectivity index (χ1v) is 9.02. The van der Waals surface area contributed by atoms with Crippen LogP contribution in [-0.2, 0) is 18.3 Å². The number of carbonyl (C=O) groups is 1. The molecule has 1 aromatic heterocycles. The normalized spacial score (nSPS) is 10.6. The van der Waals surface area contributed by atoms with E-state index in [0.29, 0.717) is 5.75 Å². The van der Waals surface area contributed by atoms with Crippen LogP contribution in [-0.4, -0.2) is 26.4 Å². The summed E-state index contributed by atoms with van der Waals surface area (Å²) in [6, 6.07) is 17.9. The molecule has 1 amide bonds. The smallest absolute Gasteiger partial charge is 0.234 e. The standard InChI is InChI=1S/C19H20N4OS/c1-14-8-6-7-11-16(14)20-18(24)13-25-19-22-21-17(23(19)2)12-15-9-4-3-5-10-15/h3-11H,12-13H2,1-2H3,(H,20,24). The van der Waals surface area contributed by atoms with E-state index in [2.05, 4.69) is 27.6 Å². The van der Waals surface area contributed by atoms with Crippen molar-refractivity contribution in [3.8, 4) is 0 Å². The van der Waals surface area contributed by atoms with E-state index in [4.69, 9.17) is 0 Å². The quantitative estimate of drug-likeness (QED) is 0.690. The van der Waals surface area contributed by atoms with Gasteiger partial charge in [-0.3, -0.25) is 4.79 Å². The molecule has 128 valence electrons. The maximum Gasteiger partial charge on any atom is 0.234 e. The number of carbonyl (C=O) groups excluding carboxylic acids is 1. The maximum atomic E-state index is 12.2. The fraction of sp³-hybridized carbons (Fsp3) is 0.211. The van der Waals surface area contributed by atoms with Gasteiger partial charge < -0.3 is 9.88 Å². The Balaban J connectivity index is 1.58. The highest BCUT2D eigenvalue weighted by atomic mass is 32.2. The molecule has 1 N–H and O–H groups in total. The minimum Gasteiger partial charge on any atom is -0.325 e. The number of nitrogens with one attached hydrogen (secondary N) is 1. The van der Waals surface area contributed by atoms with Gasteiger partial charge in [0.15, 0.2) is 5.16 Å². The predicted molar refractivity (Wildman–Crippen MR) is 101 cm³/mol. The van der Waals surface area contributed by atoms with Crippen LogP contribution < -0.4 is 5.32 Å². The van der Waals surface area contributed by atoms with Gasteiger partial charge in [0.1, 0.15) is 5.82 Å². The molecular weight excluding hydrogens is 332 g/mol. The molecule has 3 aromatic rings. The van der Waals surface area contributed by atoms with E-state index >= 15 is 0 Å². The molecule has 0 aliphatic rings. The summed E-state index contributed by atoms with van der Waals surface area (Å²) in [5, 5.41) is 12.1. The van der Waals surface area contributed by atoms with Crippen LogP contribution in [0, 0.1) is 6.92 Å². The number of nitrogens with zero attached hydrogens (tertiary/aromatic N) is 3. The minimum absolute atomic E-state index is 0.0492. The number of aromatic nitrogens is 3. The van der Waals surface area contributed by atoms with Gasteiger partial charge in [-0.05, 0) is 24.1 Å². The van der Waals surface area contributed by atoms with Gasteiger partial charge in [0.05, 0.1) is 5.75 Å². The first-order valence-electron chi connectivity index (χ1n) is 8.04. The third-order valence-corrected chi connectivity index (χ3v) is 4.90. The SMILES string of the molecule is Cc1ccccc1NC(=O)CSc1nnc(Cc2ccccc2)n1C. The Bertz CT molecular complexity index is 861. The lowest BCUT2D eigenvalue weighted by Gasteiger charge is -2.08. The molecule has 0 bridgehead atoms. The van der Waals surface area contributed by atoms with Crippen molar-refractivity contribution in [2.45, 2.75) is 18.5 Å². The Morgan fingerprint density at radius 3 is 2.56 bits per heavy atom. The molecule has 0 aliphatic heterocycles. The topological polar surface area (TPSA) is 59.8 Å². The van der Waals surface area contributed by atoms with Crippen LogP contribution in [0.3, 0.4) is 0 Å². The Morgan fingerprint density at radius 1 is 1.08 bits per heavy atom. The largest absolute Gasteiger partial charge is 0.325 e. The molecule has 0 aliphatic carbocycles. The highest BCUT2D eigenvalue weighted by Gasteiger charge is 2.12. The third-order valence-electron chi connectivity index (χ3n) is 3.88. The lowest BCUT2D eigenvalue weighted by molar-refractivity contribution is -0.113. The molecule has 0 saturated carbocycles. The van der Waals surface area contributed by atoms with Crippen LogP contribution in [0.2, 0.25) is 0 Å². The van der Waals surface area contributed by atoms with Gasteiger partial charge in [0.25, 0.3) is 0 Å². The minimum atomic E-state index is -0.0492. The van der Waals surface area contributed by atoms with E-state index in [1.54, 1.807) is 0 Å². The Morgan fingerprint density at radius 2 is 1.80 bits per heavy atom. The van der Waals surface area contributed by atoms with Crippen LogP contribution in [0.5, 0.6) is 0 Å². The number of hydrogen-bond donors (Lipinski definition) is 1. The number of rotatable bonds is 6. The average molecular weight is 352 g/mol. The monoisotopic (exact) mass is 352 g/mol. The number of amides is 1. The summed E-state index contributed by atoms with van der Waals surface area (Å²) < 4.78 is 1.94. The van der Waals surface area contributed by atoms with Gasteiger partial charge in [0.2, 0.25) is 5.91 Å². The predicted octanol–water partition coefficient (Wildman–Crippen LogP) is 3.45. The zero-order valence-corrected chi connectivity index (χ0v) is 15.1. The number of para-hydroxylation sites is 1.